The van der Waals surface area contributed by atoms with Crippen molar-refractivity contribution in [2.24, 2.45) is 0 Å². The quantitative estimate of drug-likeness (QED) is 0.553. The molecule has 0 unspecified atom stereocenters. The summed E-state index contributed by atoms with van der Waals surface area (Å²) in [6.45, 7) is 9.59. The van der Waals surface area contributed by atoms with Gasteiger partial charge in [0.25, 0.3) is 0 Å². The maximum absolute atomic E-state index is 4.61. The minimum Gasteiger partial charge on any atom is -0.316 e. The molecule has 108 valence electrons. The second-order valence-electron chi connectivity index (χ2n) is 4.59. The average molecular weight is 328 g/mol. The Bertz CT molecular complexity index is 396. The largest absolute Gasteiger partial charge is 0.316 e. The highest BCUT2D eigenvalue weighted by Gasteiger charge is 2.11. The summed E-state index contributed by atoms with van der Waals surface area (Å²) >= 11 is 3.68. The second-order valence-corrected chi connectivity index (χ2v) is 5.38. The Morgan fingerprint density at radius 3 is 2.63 bits per heavy atom. The molecule has 0 fully saturated rings. The lowest BCUT2D eigenvalue weighted by molar-refractivity contribution is 0.622. The molecule has 0 aliphatic heterocycles. The molecule has 1 heterocycles. The van der Waals surface area contributed by atoms with Gasteiger partial charge < -0.3 is 5.32 Å². The minimum absolute atomic E-state index is 0.930. The van der Waals surface area contributed by atoms with Crippen molar-refractivity contribution in [3.63, 3.8) is 0 Å². The number of halogens is 1. The summed E-state index contributed by atoms with van der Waals surface area (Å²) in [5.41, 5.74) is 2.45. The van der Waals surface area contributed by atoms with Crippen molar-refractivity contribution in [1.82, 2.24) is 15.1 Å². The van der Waals surface area contributed by atoms with Crippen molar-refractivity contribution in [3.05, 3.63) is 28.0 Å². The third kappa shape index (κ3) is 5.11. The fourth-order valence-electron chi connectivity index (χ4n) is 2.01. The van der Waals surface area contributed by atoms with Crippen molar-refractivity contribution < 1.29 is 0 Å². The molecule has 3 nitrogen and oxygen atoms in total. The smallest absolute Gasteiger partial charge is 0.0766 e. The number of allylic oxidation sites excluding steroid dienone is 1. The van der Waals surface area contributed by atoms with Crippen molar-refractivity contribution >= 4 is 15.9 Å². The summed E-state index contributed by atoms with van der Waals surface area (Å²) < 4.78 is 3.29. The highest BCUT2D eigenvalue weighted by Crippen LogP contribution is 2.22. The van der Waals surface area contributed by atoms with Gasteiger partial charge in [-0.05, 0) is 55.2 Å². The molecule has 1 aromatic rings. The van der Waals surface area contributed by atoms with Crippen LogP contribution in [0.1, 0.15) is 45.0 Å². The van der Waals surface area contributed by atoms with E-state index in [0.29, 0.717) is 0 Å². The average Bonchev–Trinajstić information content (AvgIpc) is 2.74. The van der Waals surface area contributed by atoms with Gasteiger partial charge in [0, 0.05) is 13.0 Å². The molecule has 1 rings (SSSR count). The number of hydrogen-bond donors (Lipinski definition) is 1. The summed E-state index contributed by atoms with van der Waals surface area (Å²) in [7, 11) is 0. The Morgan fingerprint density at radius 1 is 1.21 bits per heavy atom. The van der Waals surface area contributed by atoms with Crippen LogP contribution in [-0.2, 0) is 19.4 Å². The van der Waals surface area contributed by atoms with Gasteiger partial charge in [-0.2, -0.15) is 5.10 Å². The van der Waals surface area contributed by atoms with Crippen LogP contribution in [0.15, 0.2) is 16.6 Å². The summed E-state index contributed by atoms with van der Waals surface area (Å²) in [4.78, 5) is 0. The standard InChI is InChI=1S/C15H26BrN3/c1-4-11-17-12-9-7-8-10-14-15(16)13(5-2)18-19(14)6-3/h7-8,17H,4-6,9-12H2,1-3H3. The maximum atomic E-state index is 4.61. The normalized spacial score (nSPS) is 11.6. The number of rotatable bonds is 9. The van der Waals surface area contributed by atoms with E-state index < -0.39 is 0 Å². The van der Waals surface area contributed by atoms with Gasteiger partial charge in [0.1, 0.15) is 0 Å². The number of nitrogens with one attached hydrogen (secondary N) is 1. The first kappa shape index (κ1) is 16.4. The summed E-state index contributed by atoms with van der Waals surface area (Å²) in [6, 6.07) is 0. The molecule has 0 aliphatic carbocycles. The number of aromatic nitrogens is 2. The topological polar surface area (TPSA) is 29.9 Å². The van der Waals surface area contributed by atoms with Crippen LogP contribution in [0, 0.1) is 0 Å². The molecule has 0 aliphatic rings. The van der Waals surface area contributed by atoms with Gasteiger partial charge in [-0.15, -0.1) is 0 Å². The van der Waals surface area contributed by atoms with Crippen LogP contribution in [0.25, 0.3) is 0 Å². The highest BCUT2D eigenvalue weighted by atomic mass is 79.9. The third-order valence-corrected chi connectivity index (χ3v) is 4.00. The Labute approximate surface area is 125 Å². The van der Waals surface area contributed by atoms with Crippen LogP contribution < -0.4 is 5.32 Å². The Morgan fingerprint density at radius 2 is 2.00 bits per heavy atom. The number of hydrogen-bond acceptors (Lipinski definition) is 2. The van der Waals surface area contributed by atoms with E-state index in [1.807, 2.05) is 0 Å². The molecule has 0 aromatic carbocycles. The molecule has 0 bridgehead atoms. The van der Waals surface area contributed by atoms with Gasteiger partial charge in [0.2, 0.25) is 0 Å². The SMILES string of the molecule is CCCNCCC=CCc1c(Br)c(CC)nn1CC. The van der Waals surface area contributed by atoms with Gasteiger partial charge in [-0.3, -0.25) is 4.68 Å². The highest BCUT2D eigenvalue weighted by molar-refractivity contribution is 9.10. The van der Waals surface area contributed by atoms with Crippen molar-refractivity contribution in [1.29, 1.82) is 0 Å². The fraction of sp³-hybridized carbons (Fsp3) is 0.667. The van der Waals surface area contributed by atoms with Crippen LogP contribution in [0.3, 0.4) is 0 Å². The van der Waals surface area contributed by atoms with E-state index in [0.717, 1.165) is 44.6 Å². The first-order chi connectivity index (χ1) is 9.24. The van der Waals surface area contributed by atoms with Crippen LogP contribution in [0.4, 0.5) is 0 Å². The van der Waals surface area contributed by atoms with E-state index in [-0.39, 0.29) is 0 Å². The number of nitrogens with zero attached hydrogens (tertiary/aromatic N) is 2. The van der Waals surface area contributed by atoms with Crippen molar-refractivity contribution in [2.45, 2.75) is 53.0 Å². The molecule has 19 heavy (non-hydrogen) atoms. The van der Waals surface area contributed by atoms with E-state index in [1.54, 1.807) is 0 Å². The van der Waals surface area contributed by atoms with Gasteiger partial charge >= 0.3 is 0 Å². The summed E-state index contributed by atoms with van der Waals surface area (Å²) in [6.07, 6.45) is 8.74. The van der Waals surface area contributed by atoms with E-state index >= 15 is 0 Å². The zero-order chi connectivity index (χ0) is 14.1. The summed E-state index contributed by atoms with van der Waals surface area (Å²) in [5, 5.41) is 8.01. The monoisotopic (exact) mass is 327 g/mol. The third-order valence-electron chi connectivity index (χ3n) is 3.09. The zero-order valence-electron chi connectivity index (χ0n) is 12.4. The Hall–Kier alpha value is -0.610. The van der Waals surface area contributed by atoms with Gasteiger partial charge in [0.15, 0.2) is 0 Å². The predicted molar refractivity (Wildman–Crippen MR) is 85.6 cm³/mol. The Kier molecular flexibility index (Phi) is 8.07. The maximum Gasteiger partial charge on any atom is 0.0766 e. The lowest BCUT2D eigenvalue weighted by atomic mass is 10.2. The molecule has 0 saturated carbocycles. The fourth-order valence-corrected chi connectivity index (χ4v) is 2.74. The molecule has 0 atom stereocenters. The Balaban J connectivity index is 2.48. The zero-order valence-corrected chi connectivity index (χ0v) is 14.0. The summed E-state index contributed by atoms with van der Waals surface area (Å²) in [5.74, 6) is 0. The molecule has 0 saturated heterocycles. The predicted octanol–water partition coefficient (Wildman–Crippen LogP) is 3.72. The van der Waals surface area contributed by atoms with Gasteiger partial charge in [-0.1, -0.05) is 26.0 Å². The van der Waals surface area contributed by atoms with E-state index in [9.17, 15) is 0 Å². The molecule has 0 spiro atoms. The second kappa shape index (κ2) is 9.32. The van der Waals surface area contributed by atoms with E-state index in [2.05, 4.69) is 64.0 Å². The van der Waals surface area contributed by atoms with Crippen molar-refractivity contribution in [2.75, 3.05) is 13.1 Å². The molecule has 0 radical (unpaired) electrons. The molecule has 1 aromatic heterocycles. The first-order valence-corrected chi connectivity index (χ1v) is 8.13. The van der Waals surface area contributed by atoms with Gasteiger partial charge in [-0.25, -0.2) is 0 Å². The lowest BCUT2D eigenvalue weighted by Crippen LogP contribution is -2.15. The van der Waals surface area contributed by atoms with Gasteiger partial charge in [0.05, 0.1) is 15.9 Å². The molecule has 4 heteroatoms. The van der Waals surface area contributed by atoms with Crippen LogP contribution in [0.2, 0.25) is 0 Å². The van der Waals surface area contributed by atoms with Crippen LogP contribution in [-0.4, -0.2) is 22.9 Å². The molecule has 0 amide bonds. The first-order valence-electron chi connectivity index (χ1n) is 7.34. The van der Waals surface area contributed by atoms with E-state index in [1.165, 1.54) is 16.6 Å². The minimum atomic E-state index is 0.930. The van der Waals surface area contributed by atoms with Crippen LogP contribution >= 0.6 is 15.9 Å². The lowest BCUT2D eigenvalue weighted by Gasteiger charge is -2.02. The van der Waals surface area contributed by atoms with Crippen LogP contribution in [0.5, 0.6) is 0 Å². The van der Waals surface area contributed by atoms with E-state index in [4.69, 9.17) is 0 Å². The number of aryl methyl sites for hydroxylation is 2. The molecular formula is C15H26BrN3. The molecule has 1 N–H and O–H groups in total. The van der Waals surface area contributed by atoms with Crippen molar-refractivity contribution in [3.8, 4) is 0 Å². The molecular weight excluding hydrogens is 302 g/mol.